The fourth-order valence-electron chi connectivity index (χ4n) is 2.17. The molecule has 0 radical (unpaired) electrons. The lowest BCUT2D eigenvalue weighted by molar-refractivity contribution is 0.414. The van der Waals surface area contributed by atoms with Gasteiger partial charge in [-0.05, 0) is 31.0 Å². The number of anilines is 2. The van der Waals surface area contributed by atoms with Crippen LogP contribution in [-0.4, -0.2) is 23.6 Å². The van der Waals surface area contributed by atoms with Crippen LogP contribution >= 0.6 is 0 Å². The number of methoxy groups -OCH3 is 1. The van der Waals surface area contributed by atoms with Crippen LogP contribution in [0.3, 0.4) is 0 Å². The van der Waals surface area contributed by atoms with E-state index in [1.807, 2.05) is 37.3 Å². The zero-order valence-electron chi connectivity index (χ0n) is 13.1. The van der Waals surface area contributed by atoms with Gasteiger partial charge in [0.1, 0.15) is 11.6 Å². The van der Waals surface area contributed by atoms with Crippen LogP contribution in [0.15, 0.2) is 43.0 Å². The third kappa shape index (κ3) is 4.22. The molecule has 0 fully saturated rings. The first-order chi connectivity index (χ1) is 10.6. The number of rotatable bonds is 7. The van der Waals surface area contributed by atoms with Crippen LogP contribution in [0.1, 0.15) is 17.7 Å². The summed E-state index contributed by atoms with van der Waals surface area (Å²) in [6, 6.07) is 9.75. The lowest BCUT2D eigenvalue weighted by atomic mass is 10.2. The van der Waals surface area contributed by atoms with E-state index in [0.29, 0.717) is 18.3 Å². The van der Waals surface area contributed by atoms with Crippen molar-refractivity contribution in [3.8, 4) is 5.75 Å². The molecule has 0 aliphatic rings. The van der Waals surface area contributed by atoms with Gasteiger partial charge in [-0.25, -0.2) is 4.98 Å². The molecule has 0 saturated carbocycles. The molecule has 1 aromatic heterocycles. The van der Waals surface area contributed by atoms with Gasteiger partial charge in [-0.2, -0.15) is 4.98 Å². The molecule has 0 saturated heterocycles. The Labute approximate surface area is 131 Å². The Morgan fingerprint density at radius 3 is 2.59 bits per heavy atom. The van der Waals surface area contributed by atoms with E-state index < -0.39 is 0 Å². The minimum Gasteiger partial charge on any atom is -0.497 e. The summed E-state index contributed by atoms with van der Waals surface area (Å²) in [7, 11) is 1.66. The summed E-state index contributed by atoms with van der Waals surface area (Å²) in [5.41, 5.74) is 7.87. The fraction of sp³-hybridized carbons (Fsp3) is 0.294. The highest BCUT2D eigenvalue weighted by Crippen LogP contribution is 2.18. The second-order valence-electron chi connectivity index (χ2n) is 5.08. The lowest BCUT2D eigenvalue weighted by Crippen LogP contribution is -2.26. The molecule has 0 unspecified atom stereocenters. The standard InChI is InChI=1S/C17H22N4O/c1-4-5-10-21(17-19-13(2)11-16(18)20-17)12-14-6-8-15(22-3)9-7-14/h4,6-9,11H,1,5,10,12H2,2-3H3,(H2,18,19,20). The smallest absolute Gasteiger partial charge is 0.227 e. The van der Waals surface area contributed by atoms with Gasteiger partial charge in [0.05, 0.1) is 7.11 Å². The second-order valence-corrected chi connectivity index (χ2v) is 5.08. The topological polar surface area (TPSA) is 64.3 Å². The molecule has 0 atom stereocenters. The minimum atomic E-state index is 0.487. The molecule has 0 aliphatic carbocycles. The Bertz CT molecular complexity index is 605. The van der Waals surface area contributed by atoms with Gasteiger partial charge < -0.3 is 15.4 Å². The number of nitrogens with zero attached hydrogens (tertiary/aromatic N) is 3. The van der Waals surface area contributed by atoms with Gasteiger partial charge in [-0.3, -0.25) is 0 Å². The fourth-order valence-corrected chi connectivity index (χ4v) is 2.17. The van der Waals surface area contributed by atoms with Gasteiger partial charge in [0.2, 0.25) is 5.95 Å². The van der Waals surface area contributed by atoms with Crippen molar-refractivity contribution in [1.29, 1.82) is 0 Å². The van der Waals surface area contributed by atoms with E-state index in [4.69, 9.17) is 10.5 Å². The predicted octanol–water partition coefficient (Wildman–Crippen LogP) is 2.96. The van der Waals surface area contributed by atoms with E-state index in [1.165, 1.54) is 0 Å². The van der Waals surface area contributed by atoms with Gasteiger partial charge in [0.25, 0.3) is 0 Å². The zero-order chi connectivity index (χ0) is 15.9. The Morgan fingerprint density at radius 2 is 2.00 bits per heavy atom. The highest BCUT2D eigenvalue weighted by atomic mass is 16.5. The van der Waals surface area contributed by atoms with Gasteiger partial charge >= 0.3 is 0 Å². The Kier molecular flexibility index (Phi) is 5.36. The summed E-state index contributed by atoms with van der Waals surface area (Å²) in [4.78, 5) is 10.9. The van der Waals surface area contributed by atoms with Gasteiger partial charge in [-0.1, -0.05) is 18.2 Å². The summed E-state index contributed by atoms with van der Waals surface area (Å²) in [6.45, 7) is 7.20. The minimum absolute atomic E-state index is 0.487. The zero-order valence-corrected chi connectivity index (χ0v) is 13.1. The third-order valence-electron chi connectivity index (χ3n) is 3.28. The Balaban J connectivity index is 2.22. The van der Waals surface area contributed by atoms with E-state index in [-0.39, 0.29) is 0 Å². The number of nitrogens with two attached hydrogens (primary N) is 1. The highest BCUT2D eigenvalue weighted by molar-refractivity contribution is 5.41. The van der Waals surface area contributed by atoms with Gasteiger partial charge in [0.15, 0.2) is 0 Å². The number of ether oxygens (including phenoxy) is 1. The molecule has 1 aromatic carbocycles. The first-order valence-electron chi connectivity index (χ1n) is 7.22. The molecule has 0 spiro atoms. The molecule has 1 heterocycles. The van der Waals surface area contributed by atoms with E-state index in [9.17, 15) is 0 Å². The largest absolute Gasteiger partial charge is 0.497 e. The molecule has 2 rings (SSSR count). The number of aromatic nitrogens is 2. The monoisotopic (exact) mass is 298 g/mol. The molecule has 0 amide bonds. The van der Waals surface area contributed by atoms with Crippen LogP contribution in [0.5, 0.6) is 5.75 Å². The van der Waals surface area contributed by atoms with Crippen molar-refractivity contribution >= 4 is 11.8 Å². The Morgan fingerprint density at radius 1 is 1.27 bits per heavy atom. The normalized spacial score (nSPS) is 10.3. The van der Waals surface area contributed by atoms with Gasteiger partial charge in [-0.15, -0.1) is 6.58 Å². The van der Waals surface area contributed by atoms with Gasteiger partial charge in [0, 0.05) is 24.8 Å². The quantitative estimate of drug-likeness (QED) is 0.796. The number of nitrogen functional groups attached to an aromatic ring is 1. The number of benzene rings is 1. The maximum absolute atomic E-state index is 5.84. The van der Waals surface area contributed by atoms with Crippen molar-refractivity contribution < 1.29 is 4.74 Å². The van der Waals surface area contributed by atoms with Crippen LogP contribution in [0.25, 0.3) is 0 Å². The summed E-state index contributed by atoms with van der Waals surface area (Å²) in [5.74, 6) is 1.98. The van der Waals surface area contributed by atoms with Crippen molar-refractivity contribution in [1.82, 2.24) is 9.97 Å². The van der Waals surface area contributed by atoms with Crippen LogP contribution in [0.2, 0.25) is 0 Å². The number of hydrogen-bond acceptors (Lipinski definition) is 5. The SMILES string of the molecule is C=CCCN(Cc1ccc(OC)cc1)c1nc(C)cc(N)n1. The molecule has 5 heteroatoms. The average Bonchev–Trinajstić information content (AvgIpc) is 2.51. The molecule has 116 valence electrons. The van der Waals surface area contributed by atoms with E-state index >= 15 is 0 Å². The van der Waals surface area contributed by atoms with E-state index in [0.717, 1.165) is 30.0 Å². The Hall–Kier alpha value is -2.56. The molecule has 22 heavy (non-hydrogen) atoms. The maximum atomic E-state index is 5.84. The molecular weight excluding hydrogens is 276 g/mol. The van der Waals surface area contributed by atoms with Crippen molar-refractivity contribution in [2.45, 2.75) is 19.9 Å². The van der Waals surface area contributed by atoms with Crippen molar-refractivity contribution in [2.24, 2.45) is 0 Å². The summed E-state index contributed by atoms with van der Waals surface area (Å²) >= 11 is 0. The van der Waals surface area contributed by atoms with Crippen LogP contribution < -0.4 is 15.4 Å². The van der Waals surface area contributed by atoms with Crippen LogP contribution in [-0.2, 0) is 6.54 Å². The average molecular weight is 298 g/mol. The van der Waals surface area contributed by atoms with Crippen molar-refractivity contribution in [2.75, 3.05) is 24.3 Å². The van der Waals surface area contributed by atoms with Crippen LogP contribution in [0.4, 0.5) is 11.8 Å². The molecule has 0 bridgehead atoms. The maximum Gasteiger partial charge on any atom is 0.227 e. The number of hydrogen-bond donors (Lipinski definition) is 1. The summed E-state index contributed by atoms with van der Waals surface area (Å²) in [6.07, 6.45) is 2.74. The molecular formula is C17H22N4O. The first kappa shape index (κ1) is 15.8. The molecule has 2 aromatic rings. The lowest BCUT2D eigenvalue weighted by Gasteiger charge is -2.23. The summed E-state index contributed by atoms with van der Waals surface area (Å²) in [5, 5.41) is 0. The molecule has 5 nitrogen and oxygen atoms in total. The summed E-state index contributed by atoms with van der Waals surface area (Å²) < 4.78 is 5.19. The second kappa shape index (κ2) is 7.45. The third-order valence-corrected chi connectivity index (χ3v) is 3.28. The van der Waals surface area contributed by atoms with Crippen molar-refractivity contribution in [3.63, 3.8) is 0 Å². The highest BCUT2D eigenvalue weighted by Gasteiger charge is 2.11. The van der Waals surface area contributed by atoms with Crippen LogP contribution in [0, 0.1) is 6.92 Å². The molecule has 2 N–H and O–H groups in total. The van der Waals surface area contributed by atoms with E-state index in [2.05, 4.69) is 21.4 Å². The predicted molar refractivity (Wildman–Crippen MR) is 90.0 cm³/mol. The van der Waals surface area contributed by atoms with Crippen molar-refractivity contribution in [3.05, 3.63) is 54.2 Å². The molecule has 0 aliphatic heterocycles. The number of aryl methyl sites for hydroxylation is 1. The van der Waals surface area contributed by atoms with E-state index in [1.54, 1.807) is 13.2 Å². The first-order valence-corrected chi connectivity index (χ1v) is 7.22.